The summed E-state index contributed by atoms with van der Waals surface area (Å²) in [7, 11) is -1.83. The smallest absolute Gasteiger partial charge is 0.226 e. The summed E-state index contributed by atoms with van der Waals surface area (Å²) < 4.78 is 9.23. The summed E-state index contributed by atoms with van der Waals surface area (Å²) in [4.78, 5) is 8.85. The first-order valence-corrected chi connectivity index (χ1v) is 12.1. The van der Waals surface area contributed by atoms with Gasteiger partial charge in [0.1, 0.15) is 0 Å². The van der Waals surface area contributed by atoms with E-state index in [1.165, 1.54) is 4.52 Å². The Hall–Kier alpha value is -2.15. The zero-order valence-electron chi connectivity index (χ0n) is 16.2. The fourth-order valence-corrected chi connectivity index (χ4v) is 3.33. The molecule has 0 spiro atoms. The maximum absolute atomic E-state index is 6.05. The molecule has 3 rings (SSSR count). The number of rotatable bonds is 4. The average Bonchev–Trinajstić information content (AvgIpc) is 3.16. The van der Waals surface area contributed by atoms with E-state index in [0.29, 0.717) is 36.2 Å². The minimum atomic E-state index is -1.83. The molecule has 3 aromatic rings. The summed E-state index contributed by atoms with van der Waals surface area (Å²) in [5, 5.41) is 9.53. The van der Waals surface area contributed by atoms with Crippen LogP contribution in [0, 0.1) is 11.8 Å². The van der Waals surface area contributed by atoms with Crippen LogP contribution in [0.4, 0.5) is 5.95 Å². The van der Waals surface area contributed by atoms with Crippen LogP contribution in [-0.4, -0.2) is 50.2 Å². The maximum Gasteiger partial charge on any atom is 0.226 e. The van der Waals surface area contributed by atoms with Gasteiger partial charge in [-0.05, 0) is 24.1 Å². The molecule has 0 radical (unpaired) electrons. The number of nitrogen functional groups attached to an aromatic ring is 1. The van der Waals surface area contributed by atoms with Crippen LogP contribution in [0.1, 0.15) is 26.6 Å². The van der Waals surface area contributed by atoms with E-state index < -0.39 is 8.32 Å². The third kappa shape index (κ3) is 3.78. The summed E-state index contributed by atoms with van der Waals surface area (Å²) in [6.07, 6.45) is 1.69. The first kappa shape index (κ1) is 19.6. The van der Waals surface area contributed by atoms with Gasteiger partial charge in [0.25, 0.3) is 0 Å². The van der Waals surface area contributed by atoms with Crippen molar-refractivity contribution in [2.45, 2.75) is 45.4 Å². The molecule has 0 amide bonds. The molecule has 0 saturated heterocycles. The van der Waals surface area contributed by atoms with Crippen molar-refractivity contribution in [3.8, 4) is 11.8 Å². The van der Waals surface area contributed by atoms with E-state index in [9.17, 15) is 0 Å². The third-order valence-corrected chi connectivity index (χ3v) is 9.55. The fraction of sp³-hybridized carbons (Fsp3) is 0.529. The zero-order valence-corrected chi connectivity index (χ0v) is 18.0. The molecule has 3 heterocycles. The van der Waals surface area contributed by atoms with E-state index in [4.69, 9.17) is 21.8 Å². The standard InChI is InChI=1S/C17H24ClN7OSi/c1-17(2,3)27(4,5)26-10-6-7-13-21-15-12-11-20-24(9-8-18)14(12)22-16(19)25(15)23-13/h11H,8-10H2,1-5H3,(H2,19,22). The first-order valence-electron chi connectivity index (χ1n) is 8.70. The Morgan fingerprint density at radius 1 is 1.26 bits per heavy atom. The topological polar surface area (TPSA) is 96.2 Å². The molecule has 0 aliphatic heterocycles. The Kier molecular flexibility index (Phi) is 5.16. The van der Waals surface area contributed by atoms with E-state index in [-0.39, 0.29) is 11.0 Å². The van der Waals surface area contributed by atoms with Crippen LogP contribution in [0.25, 0.3) is 16.7 Å². The van der Waals surface area contributed by atoms with Gasteiger partial charge in [-0.15, -0.1) is 16.7 Å². The summed E-state index contributed by atoms with van der Waals surface area (Å²) in [5.74, 6) is 7.00. The van der Waals surface area contributed by atoms with Gasteiger partial charge in [0.05, 0.1) is 24.7 Å². The van der Waals surface area contributed by atoms with Crippen LogP contribution >= 0.6 is 11.6 Å². The Bertz CT molecular complexity index is 1040. The molecular formula is C17H24ClN7OSi. The molecule has 0 bridgehead atoms. The number of alkyl halides is 1. The summed E-state index contributed by atoms with van der Waals surface area (Å²) >= 11 is 5.81. The van der Waals surface area contributed by atoms with Crippen LogP contribution in [0.15, 0.2) is 6.20 Å². The van der Waals surface area contributed by atoms with Gasteiger partial charge < -0.3 is 10.2 Å². The lowest BCUT2D eigenvalue weighted by atomic mass is 10.2. The van der Waals surface area contributed by atoms with Crippen molar-refractivity contribution < 1.29 is 4.43 Å². The van der Waals surface area contributed by atoms with Crippen molar-refractivity contribution in [2.75, 3.05) is 18.2 Å². The highest BCUT2D eigenvalue weighted by Crippen LogP contribution is 2.36. The second-order valence-corrected chi connectivity index (χ2v) is 13.0. The highest BCUT2D eigenvalue weighted by molar-refractivity contribution is 6.74. The maximum atomic E-state index is 6.05. The van der Waals surface area contributed by atoms with Crippen molar-refractivity contribution in [3.05, 3.63) is 12.0 Å². The highest BCUT2D eigenvalue weighted by atomic mass is 35.5. The molecule has 8 nitrogen and oxygen atoms in total. The van der Waals surface area contributed by atoms with Gasteiger partial charge in [-0.1, -0.05) is 26.7 Å². The van der Waals surface area contributed by atoms with Crippen molar-refractivity contribution >= 4 is 42.5 Å². The molecule has 0 aliphatic carbocycles. The molecule has 0 aliphatic rings. The van der Waals surface area contributed by atoms with Crippen molar-refractivity contribution in [3.63, 3.8) is 0 Å². The summed E-state index contributed by atoms with van der Waals surface area (Å²) in [6.45, 7) is 11.9. The molecule has 3 aromatic heterocycles. The van der Waals surface area contributed by atoms with E-state index in [1.54, 1.807) is 10.9 Å². The number of nitrogens with two attached hydrogens (primary N) is 1. The van der Waals surface area contributed by atoms with Gasteiger partial charge in [0, 0.05) is 5.88 Å². The van der Waals surface area contributed by atoms with Gasteiger partial charge in [-0.3, -0.25) is 0 Å². The number of hydrogen-bond acceptors (Lipinski definition) is 6. The molecule has 2 N–H and O–H groups in total. The van der Waals surface area contributed by atoms with Crippen LogP contribution in [0.2, 0.25) is 18.1 Å². The van der Waals surface area contributed by atoms with Crippen LogP contribution in [-0.2, 0) is 11.0 Å². The van der Waals surface area contributed by atoms with Crippen molar-refractivity contribution in [1.29, 1.82) is 0 Å². The van der Waals surface area contributed by atoms with Gasteiger partial charge in [-0.2, -0.15) is 19.6 Å². The Labute approximate surface area is 164 Å². The lowest BCUT2D eigenvalue weighted by Gasteiger charge is -2.35. The Morgan fingerprint density at radius 3 is 2.67 bits per heavy atom. The Morgan fingerprint density at radius 2 is 2.00 bits per heavy atom. The number of aryl methyl sites for hydroxylation is 1. The van der Waals surface area contributed by atoms with E-state index >= 15 is 0 Å². The molecule has 27 heavy (non-hydrogen) atoms. The number of nitrogens with zero attached hydrogens (tertiary/aromatic N) is 6. The monoisotopic (exact) mass is 405 g/mol. The highest BCUT2D eigenvalue weighted by Gasteiger charge is 2.36. The second kappa shape index (κ2) is 7.11. The molecular weight excluding hydrogens is 382 g/mol. The van der Waals surface area contributed by atoms with Crippen LogP contribution in [0.3, 0.4) is 0 Å². The number of fused-ring (bicyclic) bond motifs is 3. The first-order chi connectivity index (χ1) is 12.6. The SMILES string of the molecule is CC(C)(C)[Si](C)(C)OCC#Cc1nc2c3cnn(CCCl)c3nc(N)n2n1. The lowest BCUT2D eigenvalue weighted by molar-refractivity contribution is 0.334. The van der Waals surface area contributed by atoms with Gasteiger partial charge in [-0.25, -0.2) is 4.68 Å². The summed E-state index contributed by atoms with van der Waals surface area (Å²) in [5.41, 5.74) is 7.24. The Balaban J connectivity index is 1.88. The van der Waals surface area contributed by atoms with Gasteiger partial charge in [0.15, 0.2) is 19.6 Å². The molecule has 0 saturated carbocycles. The van der Waals surface area contributed by atoms with E-state index in [2.05, 4.69) is 65.9 Å². The number of anilines is 1. The predicted octanol–water partition coefficient (Wildman–Crippen LogP) is 2.67. The predicted molar refractivity (Wildman–Crippen MR) is 109 cm³/mol. The number of aromatic nitrogens is 6. The summed E-state index contributed by atoms with van der Waals surface area (Å²) in [6, 6.07) is 0. The fourth-order valence-electron chi connectivity index (χ4n) is 2.30. The largest absolute Gasteiger partial charge is 0.406 e. The van der Waals surface area contributed by atoms with E-state index in [0.717, 1.165) is 5.39 Å². The zero-order chi connectivity index (χ0) is 19.8. The molecule has 0 aromatic carbocycles. The second-order valence-electron chi connectivity index (χ2n) is 7.79. The van der Waals surface area contributed by atoms with E-state index in [1.807, 2.05) is 0 Å². The minimum Gasteiger partial charge on any atom is -0.406 e. The minimum absolute atomic E-state index is 0.144. The third-order valence-electron chi connectivity index (χ3n) is 4.90. The molecule has 10 heteroatoms. The normalized spacial score (nSPS) is 12.5. The molecule has 144 valence electrons. The van der Waals surface area contributed by atoms with Crippen LogP contribution in [0.5, 0.6) is 0 Å². The van der Waals surface area contributed by atoms with Gasteiger partial charge >= 0.3 is 0 Å². The number of hydrogen-bond donors (Lipinski definition) is 1. The van der Waals surface area contributed by atoms with Crippen LogP contribution < -0.4 is 5.73 Å². The van der Waals surface area contributed by atoms with Crippen molar-refractivity contribution in [2.24, 2.45) is 0 Å². The van der Waals surface area contributed by atoms with Gasteiger partial charge in [0.2, 0.25) is 11.8 Å². The van der Waals surface area contributed by atoms with Crippen molar-refractivity contribution in [1.82, 2.24) is 29.4 Å². The average molecular weight is 406 g/mol. The molecule has 0 atom stereocenters. The lowest BCUT2D eigenvalue weighted by Crippen LogP contribution is -2.40. The molecule has 0 fully saturated rings. The molecule has 0 unspecified atom stereocenters. The quantitative estimate of drug-likeness (QED) is 0.407. The number of halogens is 1.